The first-order valence-electron chi connectivity index (χ1n) is 9.51. The molecule has 0 unspecified atom stereocenters. The second-order valence-electron chi connectivity index (χ2n) is 6.91. The Bertz CT molecular complexity index is 1050. The van der Waals surface area contributed by atoms with Gasteiger partial charge in [-0.15, -0.1) is 0 Å². The van der Waals surface area contributed by atoms with Gasteiger partial charge >= 0.3 is 11.8 Å². The van der Waals surface area contributed by atoms with Gasteiger partial charge in [-0.2, -0.15) is 16.9 Å². The van der Waals surface area contributed by atoms with E-state index in [1.165, 1.54) is 0 Å². The van der Waals surface area contributed by atoms with Crippen LogP contribution in [0.5, 0.6) is 0 Å². The highest BCUT2D eigenvalue weighted by Crippen LogP contribution is 2.36. The number of amides is 2. The van der Waals surface area contributed by atoms with Gasteiger partial charge < -0.3 is 10.6 Å². The molecule has 0 saturated carbocycles. The third-order valence-electron chi connectivity index (χ3n) is 4.88. The number of rotatable bonds is 5. The third-order valence-corrected chi connectivity index (χ3v) is 5.85. The smallest absolute Gasteiger partial charge is 0.314 e. The molecular weight excluding hydrogens is 384 g/mol. The Hall–Kier alpha value is -3.06. The summed E-state index contributed by atoms with van der Waals surface area (Å²) in [6.07, 6.45) is 0.674. The van der Waals surface area contributed by atoms with Crippen LogP contribution < -0.4 is 10.6 Å². The number of fused-ring (bicyclic) bond motifs is 1. The standard InChI is InChI=1S/C22H22N4O2S/c1-15-7-5-6-10-19(15)26-20(17-13-29-14-18(17)25-26)24-22(28)21(27)23-12-11-16-8-3-2-4-9-16/h2-10H,11-14H2,1H3,(H,23,27)(H,24,28). The molecule has 148 valence electrons. The predicted molar refractivity (Wildman–Crippen MR) is 115 cm³/mol. The molecular formula is C22H22N4O2S. The number of carbonyl (C=O) groups is 2. The molecule has 0 atom stereocenters. The average Bonchev–Trinajstić information content (AvgIpc) is 3.32. The first kappa shape index (κ1) is 19.3. The van der Waals surface area contributed by atoms with Gasteiger partial charge in [0.25, 0.3) is 0 Å². The van der Waals surface area contributed by atoms with Gasteiger partial charge in [0.05, 0.1) is 11.4 Å². The Morgan fingerprint density at radius 2 is 1.79 bits per heavy atom. The highest BCUT2D eigenvalue weighted by atomic mass is 32.2. The van der Waals surface area contributed by atoms with E-state index in [-0.39, 0.29) is 0 Å². The summed E-state index contributed by atoms with van der Waals surface area (Å²) in [5, 5.41) is 10.2. The molecule has 0 spiro atoms. The van der Waals surface area contributed by atoms with Crippen LogP contribution in [-0.2, 0) is 27.5 Å². The summed E-state index contributed by atoms with van der Waals surface area (Å²) >= 11 is 1.75. The van der Waals surface area contributed by atoms with Crippen LogP contribution in [0.3, 0.4) is 0 Å². The van der Waals surface area contributed by atoms with E-state index in [1.54, 1.807) is 16.4 Å². The van der Waals surface area contributed by atoms with Gasteiger partial charge in [-0.1, -0.05) is 48.5 Å². The van der Waals surface area contributed by atoms with Crippen molar-refractivity contribution in [2.75, 3.05) is 11.9 Å². The fourth-order valence-corrected chi connectivity index (χ4v) is 4.36. The molecule has 2 N–H and O–H groups in total. The van der Waals surface area contributed by atoms with E-state index in [0.29, 0.717) is 18.8 Å². The topological polar surface area (TPSA) is 76.0 Å². The maximum absolute atomic E-state index is 12.6. The zero-order valence-electron chi connectivity index (χ0n) is 16.1. The molecule has 0 bridgehead atoms. The molecule has 7 heteroatoms. The van der Waals surface area contributed by atoms with Gasteiger partial charge in [0.1, 0.15) is 5.82 Å². The zero-order chi connectivity index (χ0) is 20.2. The molecule has 29 heavy (non-hydrogen) atoms. The number of thioether (sulfide) groups is 1. The van der Waals surface area contributed by atoms with Gasteiger partial charge in [-0.05, 0) is 30.5 Å². The molecule has 2 amide bonds. The molecule has 3 aromatic rings. The molecule has 1 aromatic heterocycles. The van der Waals surface area contributed by atoms with Crippen molar-refractivity contribution < 1.29 is 9.59 Å². The normalized spacial score (nSPS) is 12.4. The number of hydrogen-bond donors (Lipinski definition) is 2. The molecule has 0 saturated heterocycles. The number of aromatic nitrogens is 2. The Balaban J connectivity index is 1.48. The van der Waals surface area contributed by atoms with Gasteiger partial charge in [-0.25, -0.2) is 4.68 Å². The molecule has 0 aliphatic carbocycles. The van der Waals surface area contributed by atoms with Crippen LogP contribution in [0.15, 0.2) is 54.6 Å². The number of hydrogen-bond acceptors (Lipinski definition) is 4. The highest BCUT2D eigenvalue weighted by Gasteiger charge is 2.26. The largest absolute Gasteiger partial charge is 0.347 e. The number of carbonyl (C=O) groups excluding carboxylic acids is 2. The SMILES string of the molecule is Cc1ccccc1-n1nc2c(c1NC(=O)C(=O)NCCc1ccccc1)CSC2. The first-order chi connectivity index (χ1) is 14.1. The number of anilines is 1. The summed E-state index contributed by atoms with van der Waals surface area (Å²) in [5.41, 5.74) is 5.00. The van der Waals surface area contributed by atoms with E-state index in [2.05, 4.69) is 15.7 Å². The van der Waals surface area contributed by atoms with Crippen LogP contribution in [0.2, 0.25) is 0 Å². The number of benzene rings is 2. The summed E-state index contributed by atoms with van der Waals surface area (Å²) in [6, 6.07) is 17.7. The van der Waals surface area contributed by atoms with Crippen molar-refractivity contribution in [3.63, 3.8) is 0 Å². The molecule has 0 fully saturated rings. The lowest BCUT2D eigenvalue weighted by molar-refractivity contribution is -0.136. The average molecular weight is 407 g/mol. The van der Waals surface area contributed by atoms with E-state index in [4.69, 9.17) is 0 Å². The molecule has 0 radical (unpaired) electrons. The third kappa shape index (κ3) is 4.19. The Morgan fingerprint density at radius 1 is 1.03 bits per heavy atom. The van der Waals surface area contributed by atoms with Crippen LogP contribution in [-0.4, -0.2) is 28.1 Å². The fourth-order valence-electron chi connectivity index (χ4n) is 3.33. The Kier molecular flexibility index (Phi) is 5.67. The van der Waals surface area contributed by atoms with E-state index in [1.807, 2.05) is 61.5 Å². The maximum Gasteiger partial charge on any atom is 0.314 e. The van der Waals surface area contributed by atoms with Crippen molar-refractivity contribution >= 4 is 29.4 Å². The summed E-state index contributed by atoms with van der Waals surface area (Å²) in [6.45, 7) is 2.40. The van der Waals surface area contributed by atoms with E-state index >= 15 is 0 Å². The second-order valence-corrected chi connectivity index (χ2v) is 7.90. The van der Waals surface area contributed by atoms with Crippen molar-refractivity contribution in [1.29, 1.82) is 0 Å². The second kappa shape index (κ2) is 8.53. The fraction of sp³-hybridized carbons (Fsp3) is 0.227. The number of nitrogens with zero attached hydrogens (tertiary/aromatic N) is 2. The molecule has 1 aliphatic rings. The number of para-hydroxylation sites is 1. The van der Waals surface area contributed by atoms with Crippen LogP contribution in [0.4, 0.5) is 5.82 Å². The van der Waals surface area contributed by atoms with E-state index < -0.39 is 11.8 Å². The summed E-state index contributed by atoms with van der Waals surface area (Å²) < 4.78 is 1.74. The predicted octanol–water partition coefficient (Wildman–Crippen LogP) is 3.22. The lowest BCUT2D eigenvalue weighted by Crippen LogP contribution is -2.37. The van der Waals surface area contributed by atoms with Gasteiger partial charge in [-0.3, -0.25) is 9.59 Å². The number of aryl methyl sites for hydroxylation is 1. The maximum atomic E-state index is 12.6. The van der Waals surface area contributed by atoms with Crippen molar-refractivity contribution in [3.8, 4) is 5.69 Å². The minimum absolute atomic E-state index is 0.404. The van der Waals surface area contributed by atoms with Gasteiger partial charge in [0.2, 0.25) is 0 Å². The van der Waals surface area contributed by atoms with Crippen molar-refractivity contribution in [1.82, 2.24) is 15.1 Å². The molecule has 2 heterocycles. The summed E-state index contributed by atoms with van der Waals surface area (Å²) in [7, 11) is 0. The molecule has 2 aromatic carbocycles. The number of nitrogens with one attached hydrogen (secondary N) is 2. The zero-order valence-corrected chi connectivity index (χ0v) is 17.0. The molecule has 4 rings (SSSR count). The van der Waals surface area contributed by atoms with Crippen molar-refractivity contribution in [2.45, 2.75) is 24.9 Å². The Morgan fingerprint density at radius 3 is 2.59 bits per heavy atom. The van der Waals surface area contributed by atoms with Crippen LogP contribution >= 0.6 is 11.8 Å². The first-order valence-corrected chi connectivity index (χ1v) is 10.7. The monoisotopic (exact) mass is 406 g/mol. The lowest BCUT2D eigenvalue weighted by Gasteiger charge is -2.13. The minimum atomic E-state index is -0.674. The van der Waals surface area contributed by atoms with Crippen molar-refractivity contribution in [2.24, 2.45) is 0 Å². The molecule has 6 nitrogen and oxygen atoms in total. The van der Waals surface area contributed by atoms with Crippen LogP contribution in [0, 0.1) is 6.92 Å². The minimum Gasteiger partial charge on any atom is -0.347 e. The molecule has 1 aliphatic heterocycles. The Labute approximate surface area is 173 Å². The van der Waals surface area contributed by atoms with Crippen LogP contribution in [0.1, 0.15) is 22.4 Å². The highest BCUT2D eigenvalue weighted by molar-refractivity contribution is 7.98. The van der Waals surface area contributed by atoms with E-state index in [9.17, 15) is 9.59 Å². The quantitative estimate of drug-likeness (QED) is 0.638. The lowest BCUT2D eigenvalue weighted by atomic mass is 10.1. The summed E-state index contributed by atoms with van der Waals surface area (Å²) in [4.78, 5) is 24.9. The van der Waals surface area contributed by atoms with Gasteiger partial charge in [0.15, 0.2) is 0 Å². The summed E-state index contributed by atoms with van der Waals surface area (Å²) in [5.74, 6) is 0.847. The van der Waals surface area contributed by atoms with Gasteiger partial charge in [0, 0.05) is 23.6 Å². The van der Waals surface area contributed by atoms with Crippen LogP contribution in [0.25, 0.3) is 5.69 Å². The van der Waals surface area contributed by atoms with E-state index in [0.717, 1.165) is 39.6 Å². The van der Waals surface area contributed by atoms with Crippen molar-refractivity contribution in [3.05, 3.63) is 77.0 Å².